The van der Waals surface area contributed by atoms with E-state index in [0.717, 1.165) is 31.6 Å². The average Bonchev–Trinajstić information content (AvgIpc) is 2.38. The topological polar surface area (TPSA) is 35.9 Å². The van der Waals surface area contributed by atoms with Crippen molar-refractivity contribution in [1.29, 1.82) is 0 Å². The van der Waals surface area contributed by atoms with Crippen LogP contribution in [0.1, 0.15) is 19.3 Å². The fourth-order valence-electron chi connectivity index (χ4n) is 2.40. The summed E-state index contributed by atoms with van der Waals surface area (Å²) in [6, 6.07) is 5.06. The largest absolute Gasteiger partial charge is 0.349 e. The lowest BCUT2D eigenvalue weighted by Gasteiger charge is -2.36. The highest BCUT2D eigenvalue weighted by atomic mass is 35.5. The fraction of sp³-hybridized carbons (Fsp3) is 0.385. The van der Waals surface area contributed by atoms with Crippen molar-refractivity contribution in [2.24, 2.45) is 5.10 Å². The van der Waals surface area contributed by atoms with Crippen LogP contribution in [0.3, 0.4) is 0 Å². The van der Waals surface area contributed by atoms with Crippen LogP contribution >= 0.6 is 23.2 Å². The van der Waals surface area contributed by atoms with Crippen LogP contribution in [0.4, 0.5) is 5.69 Å². The Balaban J connectivity index is 1.97. The molecule has 0 atom stereocenters. The third-order valence-electron chi connectivity index (χ3n) is 3.36. The second-order valence-corrected chi connectivity index (χ2v) is 5.54. The number of hydrogen-bond donors (Lipinski definition) is 0. The van der Waals surface area contributed by atoms with E-state index in [2.05, 4.69) is 5.10 Å². The number of rotatable bonds is 1. The molecule has 0 saturated carbocycles. The van der Waals surface area contributed by atoms with E-state index in [1.54, 1.807) is 18.2 Å². The molecular weight excluding hydrogens is 285 g/mol. The van der Waals surface area contributed by atoms with E-state index in [-0.39, 0.29) is 5.91 Å². The normalized spacial score (nSPS) is 19.3. The molecule has 0 aliphatic carbocycles. The summed E-state index contributed by atoms with van der Waals surface area (Å²) >= 11 is 12.0. The summed E-state index contributed by atoms with van der Waals surface area (Å²) in [4.78, 5) is 14.2. The molecule has 1 saturated heterocycles. The first-order chi connectivity index (χ1) is 9.15. The molecule has 1 fully saturated rings. The first-order valence-electron chi connectivity index (χ1n) is 6.25. The molecule has 2 aliphatic rings. The molecule has 2 heterocycles. The molecule has 0 bridgehead atoms. The van der Waals surface area contributed by atoms with Gasteiger partial charge in [0.1, 0.15) is 12.4 Å². The molecule has 0 N–H and O–H groups in total. The van der Waals surface area contributed by atoms with Crippen LogP contribution in [0.15, 0.2) is 23.3 Å². The van der Waals surface area contributed by atoms with Crippen LogP contribution in [-0.2, 0) is 4.79 Å². The predicted octanol–water partition coefficient (Wildman–Crippen LogP) is 3.14. The number of amidine groups is 1. The summed E-state index contributed by atoms with van der Waals surface area (Å²) in [7, 11) is 0. The second kappa shape index (κ2) is 5.02. The van der Waals surface area contributed by atoms with Gasteiger partial charge in [-0.2, -0.15) is 10.1 Å². The number of nitrogens with zero attached hydrogens (tertiary/aromatic N) is 3. The number of hydrogen-bond acceptors (Lipinski definition) is 3. The smallest absolute Gasteiger partial charge is 0.267 e. The number of amides is 1. The summed E-state index contributed by atoms with van der Waals surface area (Å²) in [6.07, 6.45) is 3.15. The van der Waals surface area contributed by atoms with Gasteiger partial charge in [0.25, 0.3) is 5.91 Å². The van der Waals surface area contributed by atoms with Gasteiger partial charge in [0.2, 0.25) is 0 Å². The minimum Gasteiger partial charge on any atom is -0.349 e. The van der Waals surface area contributed by atoms with Crippen LogP contribution in [0.5, 0.6) is 0 Å². The number of fused-ring (bicyclic) bond motifs is 1. The molecule has 19 heavy (non-hydrogen) atoms. The van der Waals surface area contributed by atoms with E-state index in [9.17, 15) is 4.79 Å². The number of benzene rings is 1. The Morgan fingerprint density at radius 2 is 2.05 bits per heavy atom. The molecule has 4 nitrogen and oxygen atoms in total. The molecular formula is C13H13Cl2N3O. The van der Waals surface area contributed by atoms with Crippen molar-refractivity contribution in [1.82, 2.24) is 4.90 Å². The maximum Gasteiger partial charge on any atom is 0.267 e. The Morgan fingerprint density at radius 3 is 2.84 bits per heavy atom. The van der Waals surface area contributed by atoms with Crippen LogP contribution < -0.4 is 5.01 Å². The van der Waals surface area contributed by atoms with Crippen molar-refractivity contribution >= 4 is 40.6 Å². The van der Waals surface area contributed by atoms with Gasteiger partial charge in [0, 0.05) is 18.0 Å². The monoisotopic (exact) mass is 297 g/mol. The number of halogens is 2. The third kappa shape index (κ3) is 2.42. The standard InChI is InChI=1S/C13H13Cl2N3O/c14-9-4-5-11(10(15)7-9)18-13(19)8-17-6-2-1-3-12(17)16-18/h4-5,7H,1-3,6,8H2. The van der Waals surface area contributed by atoms with Crippen LogP contribution in [0, 0.1) is 0 Å². The molecule has 0 unspecified atom stereocenters. The fourth-order valence-corrected chi connectivity index (χ4v) is 2.89. The molecule has 0 radical (unpaired) electrons. The Morgan fingerprint density at radius 1 is 1.21 bits per heavy atom. The Labute approximate surface area is 121 Å². The van der Waals surface area contributed by atoms with E-state index < -0.39 is 0 Å². The first kappa shape index (κ1) is 12.8. The van der Waals surface area contributed by atoms with Crippen LogP contribution in [0.25, 0.3) is 0 Å². The first-order valence-corrected chi connectivity index (χ1v) is 7.01. The molecule has 0 aromatic heterocycles. The zero-order valence-electron chi connectivity index (χ0n) is 10.3. The van der Waals surface area contributed by atoms with Crippen LogP contribution in [-0.4, -0.2) is 29.7 Å². The van der Waals surface area contributed by atoms with Gasteiger partial charge in [0.15, 0.2) is 0 Å². The van der Waals surface area contributed by atoms with E-state index >= 15 is 0 Å². The van der Waals surface area contributed by atoms with Gasteiger partial charge in [-0.15, -0.1) is 0 Å². The summed E-state index contributed by atoms with van der Waals surface area (Å²) in [5.74, 6) is 0.909. The zero-order valence-corrected chi connectivity index (χ0v) is 11.8. The summed E-state index contributed by atoms with van der Waals surface area (Å²) in [5, 5.41) is 6.83. The van der Waals surface area contributed by atoms with Gasteiger partial charge in [0.05, 0.1) is 10.7 Å². The lowest BCUT2D eigenvalue weighted by Crippen LogP contribution is -2.49. The molecule has 0 spiro atoms. The van der Waals surface area contributed by atoms with Crippen molar-refractivity contribution < 1.29 is 4.79 Å². The maximum absolute atomic E-state index is 12.2. The Kier molecular flexibility index (Phi) is 3.37. The lowest BCUT2D eigenvalue weighted by molar-refractivity contribution is -0.119. The summed E-state index contributed by atoms with van der Waals surface area (Å²) in [5.41, 5.74) is 0.591. The van der Waals surface area contributed by atoms with Crippen LogP contribution in [0.2, 0.25) is 10.0 Å². The number of piperidine rings is 1. The molecule has 6 heteroatoms. The van der Waals surface area contributed by atoms with E-state index in [0.29, 0.717) is 22.3 Å². The van der Waals surface area contributed by atoms with Gasteiger partial charge in [-0.25, -0.2) is 0 Å². The highest BCUT2D eigenvalue weighted by Gasteiger charge is 2.29. The van der Waals surface area contributed by atoms with E-state index in [1.165, 1.54) is 5.01 Å². The second-order valence-electron chi connectivity index (χ2n) is 4.70. The van der Waals surface area contributed by atoms with E-state index in [4.69, 9.17) is 23.2 Å². The molecule has 1 aromatic carbocycles. The minimum absolute atomic E-state index is 0.0603. The maximum atomic E-state index is 12.2. The average molecular weight is 298 g/mol. The van der Waals surface area contributed by atoms with Crippen molar-refractivity contribution in [3.8, 4) is 0 Å². The molecule has 1 aromatic rings. The lowest BCUT2D eigenvalue weighted by atomic mass is 10.1. The van der Waals surface area contributed by atoms with Crippen molar-refractivity contribution in [2.75, 3.05) is 18.1 Å². The summed E-state index contributed by atoms with van der Waals surface area (Å²) < 4.78 is 0. The molecule has 3 rings (SSSR count). The quantitative estimate of drug-likeness (QED) is 0.798. The Hall–Kier alpha value is -1.26. The number of hydrazone groups is 1. The van der Waals surface area contributed by atoms with Crippen molar-refractivity contribution in [2.45, 2.75) is 19.3 Å². The number of anilines is 1. The Bertz CT molecular complexity index is 559. The van der Waals surface area contributed by atoms with Gasteiger partial charge in [-0.1, -0.05) is 23.2 Å². The number of carbonyl (C=O) groups excluding carboxylic acids is 1. The SMILES string of the molecule is O=C1CN2CCCCC2=NN1c1ccc(Cl)cc1Cl. The van der Waals surface area contributed by atoms with Gasteiger partial charge in [-0.3, -0.25) is 4.79 Å². The molecule has 100 valence electrons. The highest BCUT2D eigenvalue weighted by molar-refractivity contribution is 6.36. The van der Waals surface area contributed by atoms with Crippen molar-refractivity contribution in [3.63, 3.8) is 0 Å². The summed E-state index contributed by atoms with van der Waals surface area (Å²) in [6.45, 7) is 1.28. The molecule has 1 amide bonds. The highest BCUT2D eigenvalue weighted by Crippen LogP contribution is 2.31. The third-order valence-corrected chi connectivity index (χ3v) is 3.90. The molecule has 2 aliphatic heterocycles. The number of carbonyl (C=O) groups is 1. The van der Waals surface area contributed by atoms with Gasteiger partial charge >= 0.3 is 0 Å². The predicted molar refractivity (Wildman–Crippen MR) is 76.8 cm³/mol. The van der Waals surface area contributed by atoms with E-state index in [1.807, 2.05) is 4.90 Å². The minimum atomic E-state index is -0.0603. The van der Waals surface area contributed by atoms with Crippen molar-refractivity contribution in [3.05, 3.63) is 28.2 Å². The zero-order chi connectivity index (χ0) is 13.4. The van der Waals surface area contributed by atoms with Gasteiger partial charge in [-0.05, 0) is 31.0 Å². The van der Waals surface area contributed by atoms with Gasteiger partial charge < -0.3 is 4.90 Å².